The lowest BCUT2D eigenvalue weighted by Crippen LogP contribution is -2.41. The lowest BCUT2D eigenvalue weighted by molar-refractivity contribution is -0.133. The van der Waals surface area contributed by atoms with Crippen LogP contribution in [0.2, 0.25) is 0 Å². The standard InChI is InChI=1S/C19H26N2O2S/c22-19(21-10-4-2-1-3-5-11-21)16-20(14-17-8-6-12-23-17)15-18-9-7-13-24-18/h6-9,12-13H,1-5,10-11,14-16H2. The number of carbonyl (C=O) groups excluding carboxylic acids is 1. The Balaban J connectivity index is 1.61. The maximum absolute atomic E-state index is 12.8. The molecule has 0 saturated carbocycles. The molecule has 0 bridgehead atoms. The number of furan rings is 1. The van der Waals surface area contributed by atoms with Crippen molar-refractivity contribution < 1.29 is 9.21 Å². The summed E-state index contributed by atoms with van der Waals surface area (Å²) in [6.07, 6.45) is 7.76. The van der Waals surface area contributed by atoms with E-state index in [2.05, 4.69) is 27.3 Å². The Morgan fingerprint density at radius 3 is 2.54 bits per heavy atom. The maximum atomic E-state index is 12.8. The summed E-state index contributed by atoms with van der Waals surface area (Å²) in [6, 6.07) is 8.06. The number of likely N-dealkylation sites (tertiary alicyclic amines) is 1. The number of thiophene rings is 1. The number of hydrogen-bond donors (Lipinski definition) is 0. The van der Waals surface area contributed by atoms with Crippen LogP contribution >= 0.6 is 11.3 Å². The van der Waals surface area contributed by atoms with Gasteiger partial charge in [0.25, 0.3) is 0 Å². The predicted molar refractivity (Wildman–Crippen MR) is 96.8 cm³/mol. The quantitative estimate of drug-likeness (QED) is 0.789. The van der Waals surface area contributed by atoms with Gasteiger partial charge >= 0.3 is 0 Å². The Bertz CT molecular complexity index is 551. The summed E-state index contributed by atoms with van der Waals surface area (Å²) in [5, 5.41) is 2.08. The Hall–Kier alpha value is -1.59. The molecule has 1 saturated heterocycles. The first-order valence-corrected chi connectivity index (χ1v) is 9.74. The average Bonchev–Trinajstić information content (AvgIpc) is 3.20. The zero-order valence-electron chi connectivity index (χ0n) is 14.2. The molecular weight excluding hydrogens is 320 g/mol. The van der Waals surface area contributed by atoms with Crippen LogP contribution in [0.1, 0.15) is 42.7 Å². The van der Waals surface area contributed by atoms with Gasteiger partial charge in [-0.25, -0.2) is 0 Å². The van der Waals surface area contributed by atoms with Gasteiger partial charge in [-0.3, -0.25) is 9.69 Å². The highest BCUT2D eigenvalue weighted by Gasteiger charge is 2.19. The average molecular weight is 346 g/mol. The monoisotopic (exact) mass is 346 g/mol. The summed E-state index contributed by atoms with van der Waals surface area (Å²) in [4.78, 5) is 18.3. The van der Waals surface area contributed by atoms with Gasteiger partial charge < -0.3 is 9.32 Å². The SMILES string of the molecule is O=C(CN(Cc1ccco1)Cc1cccs1)N1CCCCCCC1. The van der Waals surface area contributed by atoms with Gasteiger partial charge in [-0.15, -0.1) is 11.3 Å². The summed E-state index contributed by atoms with van der Waals surface area (Å²) in [5.74, 6) is 1.16. The van der Waals surface area contributed by atoms with Crippen molar-refractivity contribution >= 4 is 17.2 Å². The fourth-order valence-corrected chi connectivity index (χ4v) is 3.95. The highest BCUT2D eigenvalue weighted by Crippen LogP contribution is 2.16. The van der Waals surface area contributed by atoms with Crippen LogP contribution < -0.4 is 0 Å². The van der Waals surface area contributed by atoms with Crippen LogP contribution in [0.25, 0.3) is 0 Å². The van der Waals surface area contributed by atoms with Crippen LogP contribution in [0.4, 0.5) is 0 Å². The van der Waals surface area contributed by atoms with Crippen molar-refractivity contribution in [2.24, 2.45) is 0 Å². The molecule has 3 rings (SSSR count). The molecule has 4 nitrogen and oxygen atoms in total. The summed E-state index contributed by atoms with van der Waals surface area (Å²) in [6.45, 7) is 3.74. The third-order valence-corrected chi connectivity index (χ3v) is 5.35. The second-order valence-corrected chi connectivity index (χ2v) is 7.48. The molecule has 1 aliphatic rings. The molecule has 0 N–H and O–H groups in total. The van der Waals surface area contributed by atoms with Gasteiger partial charge in [0.2, 0.25) is 5.91 Å². The van der Waals surface area contributed by atoms with Crippen LogP contribution in [0.3, 0.4) is 0 Å². The van der Waals surface area contributed by atoms with Crippen molar-refractivity contribution in [3.8, 4) is 0 Å². The topological polar surface area (TPSA) is 36.7 Å². The summed E-state index contributed by atoms with van der Waals surface area (Å²) >= 11 is 1.74. The molecule has 1 aliphatic heterocycles. The molecule has 5 heteroatoms. The van der Waals surface area contributed by atoms with E-state index in [0.717, 1.165) is 38.2 Å². The molecule has 0 aliphatic carbocycles. The van der Waals surface area contributed by atoms with Crippen molar-refractivity contribution in [1.29, 1.82) is 0 Å². The van der Waals surface area contributed by atoms with Gasteiger partial charge in [0, 0.05) is 24.5 Å². The molecule has 0 spiro atoms. The van der Waals surface area contributed by atoms with Crippen molar-refractivity contribution in [2.45, 2.75) is 45.2 Å². The Kier molecular flexibility index (Phi) is 6.49. The molecule has 0 aromatic carbocycles. The van der Waals surface area contributed by atoms with E-state index in [4.69, 9.17) is 4.42 Å². The maximum Gasteiger partial charge on any atom is 0.236 e. The number of nitrogens with zero attached hydrogens (tertiary/aromatic N) is 2. The third kappa shape index (κ3) is 5.21. The fraction of sp³-hybridized carbons (Fsp3) is 0.526. The van der Waals surface area contributed by atoms with Crippen LogP contribution in [-0.4, -0.2) is 35.3 Å². The van der Waals surface area contributed by atoms with E-state index in [9.17, 15) is 4.79 Å². The van der Waals surface area contributed by atoms with Crippen LogP contribution in [-0.2, 0) is 17.9 Å². The van der Waals surface area contributed by atoms with E-state index in [1.807, 2.05) is 12.1 Å². The van der Waals surface area contributed by atoms with Gasteiger partial charge in [0.1, 0.15) is 5.76 Å². The number of carbonyl (C=O) groups is 1. The van der Waals surface area contributed by atoms with Gasteiger partial charge in [-0.1, -0.05) is 25.3 Å². The molecule has 0 radical (unpaired) electrons. The summed E-state index contributed by atoms with van der Waals surface area (Å²) in [7, 11) is 0. The van der Waals surface area contributed by atoms with Gasteiger partial charge in [0.15, 0.2) is 0 Å². The molecule has 24 heavy (non-hydrogen) atoms. The van der Waals surface area contributed by atoms with E-state index >= 15 is 0 Å². The number of rotatable bonds is 6. The second kappa shape index (κ2) is 9.04. The van der Waals surface area contributed by atoms with E-state index in [-0.39, 0.29) is 5.91 Å². The van der Waals surface area contributed by atoms with Crippen LogP contribution in [0.5, 0.6) is 0 Å². The smallest absolute Gasteiger partial charge is 0.236 e. The zero-order valence-corrected chi connectivity index (χ0v) is 15.0. The first-order chi connectivity index (χ1) is 11.8. The predicted octanol–water partition coefficient (Wildman–Crippen LogP) is 4.14. The Labute approximate surface area is 148 Å². The summed E-state index contributed by atoms with van der Waals surface area (Å²) in [5.41, 5.74) is 0. The van der Waals surface area contributed by atoms with Gasteiger partial charge in [-0.2, -0.15) is 0 Å². The minimum atomic E-state index is 0.250. The minimum absolute atomic E-state index is 0.250. The first-order valence-electron chi connectivity index (χ1n) is 8.86. The van der Waals surface area contributed by atoms with Crippen molar-refractivity contribution in [2.75, 3.05) is 19.6 Å². The van der Waals surface area contributed by atoms with E-state index < -0.39 is 0 Å². The highest BCUT2D eigenvalue weighted by atomic mass is 32.1. The summed E-state index contributed by atoms with van der Waals surface area (Å²) < 4.78 is 5.48. The first kappa shape index (κ1) is 17.2. The van der Waals surface area contributed by atoms with Crippen LogP contribution in [0, 0.1) is 0 Å². The van der Waals surface area contributed by atoms with E-state index in [0.29, 0.717) is 13.1 Å². The fourth-order valence-electron chi connectivity index (χ4n) is 3.20. The van der Waals surface area contributed by atoms with Gasteiger partial charge in [0.05, 0.1) is 19.4 Å². The number of amides is 1. The highest BCUT2D eigenvalue weighted by molar-refractivity contribution is 7.09. The third-order valence-electron chi connectivity index (χ3n) is 4.49. The molecule has 0 atom stereocenters. The van der Waals surface area contributed by atoms with Crippen molar-refractivity contribution in [1.82, 2.24) is 9.80 Å². The molecule has 130 valence electrons. The lowest BCUT2D eigenvalue weighted by Gasteiger charge is -2.28. The van der Waals surface area contributed by atoms with Gasteiger partial charge in [-0.05, 0) is 36.4 Å². The second-order valence-electron chi connectivity index (χ2n) is 6.45. The van der Waals surface area contributed by atoms with Crippen molar-refractivity contribution in [3.05, 3.63) is 46.5 Å². The zero-order chi connectivity index (χ0) is 16.6. The number of hydrogen-bond acceptors (Lipinski definition) is 4. The molecule has 1 amide bonds. The Morgan fingerprint density at radius 1 is 1.08 bits per heavy atom. The van der Waals surface area contributed by atoms with Crippen molar-refractivity contribution in [3.63, 3.8) is 0 Å². The lowest BCUT2D eigenvalue weighted by atomic mass is 10.1. The van der Waals surface area contributed by atoms with E-state index in [1.165, 1.54) is 24.1 Å². The molecule has 0 unspecified atom stereocenters. The minimum Gasteiger partial charge on any atom is -0.468 e. The van der Waals surface area contributed by atoms with E-state index in [1.54, 1.807) is 17.6 Å². The molecule has 3 heterocycles. The Morgan fingerprint density at radius 2 is 1.88 bits per heavy atom. The molecular formula is C19H26N2O2S. The molecule has 2 aromatic heterocycles. The normalized spacial score (nSPS) is 16.1. The van der Waals surface area contributed by atoms with Crippen LogP contribution in [0.15, 0.2) is 40.3 Å². The molecule has 2 aromatic rings. The largest absolute Gasteiger partial charge is 0.468 e. The molecule has 1 fully saturated rings.